The Hall–Kier alpha value is -4.57. The van der Waals surface area contributed by atoms with Crippen LogP contribution in [0.2, 0.25) is 0 Å². The van der Waals surface area contributed by atoms with Crippen LogP contribution in [-0.2, 0) is 24.7 Å². The van der Waals surface area contributed by atoms with Crippen molar-refractivity contribution in [2.24, 2.45) is 4.99 Å². The molecule has 2 aromatic heterocycles. The number of nitrogens with zero attached hydrogens (tertiary/aromatic N) is 5. The molecule has 1 aliphatic rings. The fraction of sp³-hybridized carbons (Fsp3) is 0.226. The summed E-state index contributed by atoms with van der Waals surface area (Å²) in [5, 5.41) is 9.53. The van der Waals surface area contributed by atoms with Gasteiger partial charge in [-0.2, -0.15) is 5.26 Å². The molecule has 0 amide bonds. The predicted molar refractivity (Wildman–Crippen MR) is 144 cm³/mol. The van der Waals surface area contributed by atoms with Crippen molar-refractivity contribution in [3.63, 3.8) is 0 Å². The largest absolute Gasteiger partial charge is 0.294 e. The molecule has 6 nitrogen and oxygen atoms in total. The van der Waals surface area contributed by atoms with Crippen molar-refractivity contribution in [3.05, 3.63) is 106 Å². The first-order chi connectivity index (χ1) is 18.2. The number of rotatable bonds is 7. The van der Waals surface area contributed by atoms with Crippen LogP contribution in [0.5, 0.6) is 0 Å². The number of aryl methyl sites for hydroxylation is 1. The molecule has 4 aromatic rings. The molecule has 0 unspecified atom stereocenters. The number of carbonyl (C=O) groups excluding carboxylic acids is 1. The van der Waals surface area contributed by atoms with Crippen LogP contribution in [-0.4, -0.2) is 26.9 Å². The molecule has 2 aromatic carbocycles. The fourth-order valence-electron chi connectivity index (χ4n) is 4.63. The molecule has 188 valence electrons. The molecule has 3 heterocycles. The van der Waals surface area contributed by atoms with Crippen LogP contribution in [0.4, 0.5) is 10.1 Å². The first kappa shape index (κ1) is 25.1. The summed E-state index contributed by atoms with van der Waals surface area (Å²) >= 11 is 0. The van der Waals surface area contributed by atoms with Crippen molar-refractivity contribution in [3.8, 4) is 17.3 Å². The van der Waals surface area contributed by atoms with E-state index in [1.165, 1.54) is 12.4 Å². The molecule has 0 N–H and O–H groups in total. The zero-order valence-electron chi connectivity index (χ0n) is 21.5. The average molecular weight is 504 g/mol. The van der Waals surface area contributed by atoms with Crippen LogP contribution in [0.15, 0.2) is 66.0 Å². The van der Waals surface area contributed by atoms with Crippen LogP contribution < -0.4 is 0 Å². The number of halogens is 1. The number of hydrogen-bond acceptors (Lipinski definition) is 6. The second kappa shape index (κ2) is 10.1. The molecular formula is C31H26FN5O. The van der Waals surface area contributed by atoms with Crippen molar-refractivity contribution in [2.45, 2.75) is 45.4 Å². The summed E-state index contributed by atoms with van der Waals surface area (Å²) in [7, 11) is 0. The van der Waals surface area contributed by atoms with Crippen molar-refractivity contribution < 1.29 is 9.18 Å². The molecule has 1 aliphatic heterocycles. The van der Waals surface area contributed by atoms with Gasteiger partial charge >= 0.3 is 0 Å². The van der Waals surface area contributed by atoms with Gasteiger partial charge in [0.15, 0.2) is 5.78 Å². The number of carbonyl (C=O) groups is 1. The van der Waals surface area contributed by atoms with Crippen molar-refractivity contribution >= 4 is 17.7 Å². The van der Waals surface area contributed by atoms with Crippen LogP contribution in [0.25, 0.3) is 11.3 Å². The zero-order chi connectivity index (χ0) is 26.9. The van der Waals surface area contributed by atoms with Crippen LogP contribution in [0.1, 0.15) is 57.8 Å². The zero-order valence-corrected chi connectivity index (χ0v) is 21.5. The summed E-state index contributed by atoms with van der Waals surface area (Å²) < 4.78 is 14.8. The maximum Gasteiger partial charge on any atom is 0.167 e. The standard InChI is InChI=1S/C31H26FN5O/c1-19-11-22(15-23(12-19)31(2,3)17-33)28(38)16-21-13-20(6-7-25(21)32)14-27-24(5-4-9-34-27)29-30-26(8-10-35-30)36-18-37-29/h4-7,9-13,15,18H,8,14,16H2,1-3H3. The van der Waals surface area contributed by atoms with E-state index in [0.717, 1.165) is 45.0 Å². The monoisotopic (exact) mass is 503 g/mol. The van der Waals surface area contributed by atoms with Crippen molar-refractivity contribution in [1.82, 2.24) is 15.0 Å². The van der Waals surface area contributed by atoms with Gasteiger partial charge < -0.3 is 0 Å². The molecule has 0 atom stereocenters. The summed E-state index contributed by atoms with van der Waals surface area (Å²) in [4.78, 5) is 31.1. The SMILES string of the molecule is Cc1cc(C(=O)Cc2cc(Cc3ncccc3-c3ncnc4c3N=CC4)ccc2F)cc(C(C)(C)C#N)c1. The van der Waals surface area contributed by atoms with Gasteiger partial charge in [0.05, 0.1) is 22.9 Å². The fourth-order valence-corrected chi connectivity index (χ4v) is 4.63. The van der Waals surface area contributed by atoms with Gasteiger partial charge in [-0.1, -0.05) is 23.8 Å². The first-order valence-corrected chi connectivity index (χ1v) is 12.4. The van der Waals surface area contributed by atoms with E-state index in [-0.39, 0.29) is 12.2 Å². The second-order valence-electron chi connectivity index (χ2n) is 10.1. The molecule has 7 heteroatoms. The third kappa shape index (κ3) is 4.98. The Morgan fingerprint density at radius 3 is 2.76 bits per heavy atom. The lowest BCUT2D eigenvalue weighted by atomic mass is 9.84. The number of benzene rings is 2. The minimum Gasteiger partial charge on any atom is -0.294 e. The molecule has 0 fully saturated rings. The summed E-state index contributed by atoms with van der Waals surface area (Å²) in [6, 6.07) is 16.3. The van der Waals surface area contributed by atoms with Crippen LogP contribution >= 0.6 is 0 Å². The number of fused-ring (bicyclic) bond motifs is 1. The van der Waals surface area contributed by atoms with Gasteiger partial charge in [-0.05, 0) is 67.8 Å². The summed E-state index contributed by atoms with van der Waals surface area (Å²) in [6.07, 6.45) is 6.10. The molecule has 0 bridgehead atoms. The Morgan fingerprint density at radius 1 is 1.11 bits per heavy atom. The molecule has 0 spiro atoms. The third-order valence-corrected chi connectivity index (χ3v) is 6.78. The normalized spacial score (nSPS) is 12.3. The molecule has 0 aliphatic carbocycles. The maximum absolute atomic E-state index is 14.8. The number of hydrogen-bond donors (Lipinski definition) is 0. The minimum atomic E-state index is -0.734. The quantitative estimate of drug-likeness (QED) is 0.286. The average Bonchev–Trinajstić information content (AvgIpc) is 3.40. The van der Waals surface area contributed by atoms with Crippen molar-refractivity contribution in [2.75, 3.05) is 0 Å². The van der Waals surface area contributed by atoms with Gasteiger partial charge in [0.1, 0.15) is 23.5 Å². The van der Waals surface area contributed by atoms with Gasteiger partial charge in [0.2, 0.25) is 0 Å². The third-order valence-electron chi connectivity index (χ3n) is 6.78. The first-order valence-electron chi connectivity index (χ1n) is 12.4. The van der Waals surface area contributed by atoms with Crippen LogP contribution in [0.3, 0.4) is 0 Å². The summed E-state index contributed by atoms with van der Waals surface area (Å²) in [5.41, 5.74) is 6.52. The highest BCUT2D eigenvalue weighted by molar-refractivity contribution is 5.98. The highest BCUT2D eigenvalue weighted by Gasteiger charge is 2.23. The van der Waals surface area contributed by atoms with E-state index in [2.05, 4.69) is 26.0 Å². The molecule has 0 radical (unpaired) electrons. The predicted octanol–water partition coefficient (Wildman–Crippen LogP) is 6.06. The van der Waals surface area contributed by atoms with Crippen molar-refractivity contribution in [1.29, 1.82) is 5.26 Å². The Morgan fingerprint density at radius 2 is 1.95 bits per heavy atom. The molecule has 0 saturated carbocycles. The van der Waals surface area contributed by atoms with E-state index >= 15 is 0 Å². The van der Waals surface area contributed by atoms with E-state index in [0.29, 0.717) is 24.0 Å². The minimum absolute atomic E-state index is 0.0846. The smallest absolute Gasteiger partial charge is 0.167 e. The van der Waals surface area contributed by atoms with Gasteiger partial charge in [0.25, 0.3) is 0 Å². The maximum atomic E-state index is 14.8. The van der Waals surface area contributed by atoms with Gasteiger partial charge in [-0.15, -0.1) is 0 Å². The van der Waals surface area contributed by atoms with Gasteiger partial charge in [0, 0.05) is 42.8 Å². The van der Waals surface area contributed by atoms with Crippen LogP contribution in [0, 0.1) is 24.1 Å². The second-order valence-corrected chi connectivity index (χ2v) is 10.1. The lowest BCUT2D eigenvalue weighted by molar-refractivity contribution is 0.0991. The number of ketones is 1. The van der Waals surface area contributed by atoms with E-state index in [1.54, 1.807) is 30.5 Å². The number of aromatic nitrogens is 3. The molecule has 0 saturated heterocycles. The Balaban J connectivity index is 1.43. The Bertz CT molecular complexity index is 1630. The van der Waals surface area contributed by atoms with E-state index < -0.39 is 11.2 Å². The van der Waals surface area contributed by atoms with E-state index in [4.69, 9.17) is 0 Å². The summed E-state index contributed by atoms with van der Waals surface area (Å²) in [5.74, 6) is -0.635. The molecule has 5 rings (SSSR count). The summed E-state index contributed by atoms with van der Waals surface area (Å²) in [6.45, 7) is 5.51. The Labute approximate surface area is 221 Å². The lowest BCUT2D eigenvalue weighted by Gasteiger charge is -2.18. The number of nitriles is 1. The van der Waals surface area contributed by atoms with E-state index in [1.807, 2.05) is 45.2 Å². The molecular weight excluding hydrogens is 477 g/mol. The van der Waals surface area contributed by atoms with Gasteiger partial charge in [-0.3, -0.25) is 14.8 Å². The number of Topliss-reactive ketones (excluding diaryl/α,β-unsaturated/α-hetero) is 1. The Kier molecular flexibility index (Phi) is 6.64. The number of pyridine rings is 1. The van der Waals surface area contributed by atoms with Gasteiger partial charge in [-0.25, -0.2) is 14.4 Å². The lowest BCUT2D eigenvalue weighted by Crippen LogP contribution is -2.16. The topological polar surface area (TPSA) is 91.9 Å². The number of aliphatic imine (C=N–C) groups is 1. The highest BCUT2D eigenvalue weighted by atomic mass is 19.1. The molecule has 38 heavy (non-hydrogen) atoms. The highest BCUT2D eigenvalue weighted by Crippen LogP contribution is 2.35. The van der Waals surface area contributed by atoms with E-state index in [9.17, 15) is 14.4 Å².